The van der Waals surface area contributed by atoms with Crippen LogP contribution in [0.25, 0.3) is 27.5 Å². The summed E-state index contributed by atoms with van der Waals surface area (Å²) in [5.41, 5.74) is 3.59. The topological polar surface area (TPSA) is 34.4 Å². The van der Waals surface area contributed by atoms with E-state index < -0.39 is 0 Å². The van der Waals surface area contributed by atoms with Gasteiger partial charge in [-0.05, 0) is 48.9 Å². The Kier molecular flexibility index (Phi) is 3.90. The Morgan fingerprint density at radius 2 is 1.72 bits per heavy atom. The largest absolute Gasteiger partial charge is 0.296 e. The molecule has 0 saturated heterocycles. The third-order valence-corrected chi connectivity index (χ3v) is 5.24. The van der Waals surface area contributed by atoms with Gasteiger partial charge in [0, 0.05) is 15.5 Å². The van der Waals surface area contributed by atoms with Crippen molar-refractivity contribution in [2.75, 3.05) is 0 Å². The number of aldehydes is 1. The van der Waals surface area contributed by atoms with Crippen LogP contribution in [0.3, 0.4) is 0 Å². The fourth-order valence-corrected chi connectivity index (χ4v) is 4.03. The number of nitrogens with zero attached hydrogens (tertiary/aromatic N) is 2. The normalized spacial score (nSPS) is 11.2. The van der Waals surface area contributed by atoms with E-state index in [1.807, 2.05) is 35.6 Å². The maximum absolute atomic E-state index is 13.2. The lowest BCUT2D eigenvalue weighted by Crippen LogP contribution is -1.95. The van der Waals surface area contributed by atoms with Crippen molar-refractivity contribution in [3.8, 4) is 22.5 Å². The van der Waals surface area contributed by atoms with Crippen molar-refractivity contribution in [1.82, 2.24) is 9.38 Å². The van der Waals surface area contributed by atoms with Crippen molar-refractivity contribution in [2.45, 2.75) is 6.92 Å². The zero-order chi connectivity index (χ0) is 17.6. The van der Waals surface area contributed by atoms with Crippen LogP contribution in [0.1, 0.15) is 15.4 Å². The van der Waals surface area contributed by atoms with Gasteiger partial charge in [0.05, 0.1) is 5.69 Å². The quantitative estimate of drug-likeness (QED) is 0.437. The monoisotopic (exact) mass is 370 g/mol. The smallest absolute Gasteiger partial charge is 0.195 e. The molecule has 0 aliphatic heterocycles. The van der Waals surface area contributed by atoms with Crippen LogP contribution >= 0.6 is 22.9 Å². The molecule has 0 bridgehead atoms. The fourth-order valence-electron chi connectivity index (χ4n) is 2.91. The average Bonchev–Trinajstić information content (AvgIpc) is 3.11. The zero-order valence-electron chi connectivity index (χ0n) is 13.2. The lowest BCUT2D eigenvalue weighted by Gasteiger charge is -2.05. The van der Waals surface area contributed by atoms with Gasteiger partial charge in [-0.15, -0.1) is 11.3 Å². The van der Waals surface area contributed by atoms with Crippen LogP contribution in [-0.4, -0.2) is 15.7 Å². The average molecular weight is 371 g/mol. The second-order valence-corrected chi connectivity index (χ2v) is 7.22. The van der Waals surface area contributed by atoms with Crippen LogP contribution in [0.2, 0.25) is 5.02 Å². The van der Waals surface area contributed by atoms with E-state index in [-0.39, 0.29) is 5.82 Å². The van der Waals surface area contributed by atoms with Crippen LogP contribution in [0.15, 0.2) is 48.5 Å². The molecule has 0 amide bonds. The minimum atomic E-state index is -0.324. The Bertz CT molecular complexity index is 1080. The fraction of sp³-hybridized carbons (Fsp3) is 0.0526. The molecule has 2 aromatic heterocycles. The highest BCUT2D eigenvalue weighted by atomic mass is 35.5. The standard InChI is InChI=1S/C19H12ClFN2OS/c1-11-18(13-2-6-14(20)7-3-13)23-16(10-24)17(22-19(23)25-11)12-4-8-15(21)9-5-12/h2-10H,1H3. The van der Waals surface area contributed by atoms with Gasteiger partial charge in [0.25, 0.3) is 0 Å². The summed E-state index contributed by atoms with van der Waals surface area (Å²) in [5.74, 6) is -0.324. The second kappa shape index (κ2) is 6.10. The number of benzene rings is 2. The first-order valence-corrected chi connectivity index (χ1v) is 8.77. The molecule has 0 aliphatic carbocycles. The molecule has 4 rings (SSSR count). The predicted molar refractivity (Wildman–Crippen MR) is 99.0 cm³/mol. The molecule has 25 heavy (non-hydrogen) atoms. The molecule has 0 N–H and O–H groups in total. The van der Waals surface area contributed by atoms with Crippen molar-refractivity contribution in [2.24, 2.45) is 0 Å². The second-order valence-electron chi connectivity index (χ2n) is 5.60. The van der Waals surface area contributed by atoms with Gasteiger partial charge in [0.15, 0.2) is 11.2 Å². The van der Waals surface area contributed by atoms with E-state index in [1.165, 1.54) is 23.5 Å². The number of hydrogen-bond donors (Lipinski definition) is 0. The SMILES string of the molecule is Cc1sc2nc(-c3ccc(F)cc3)c(C=O)n2c1-c1ccc(Cl)cc1. The van der Waals surface area contributed by atoms with Gasteiger partial charge in [0.2, 0.25) is 0 Å². The molecular weight excluding hydrogens is 359 g/mol. The lowest BCUT2D eigenvalue weighted by molar-refractivity contribution is 0.111. The van der Waals surface area contributed by atoms with Gasteiger partial charge >= 0.3 is 0 Å². The Labute approximate surface area is 152 Å². The molecule has 0 unspecified atom stereocenters. The van der Waals surface area contributed by atoms with E-state index in [1.54, 1.807) is 12.1 Å². The number of carbonyl (C=O) groups is 1. The first kappa shape index (κ1) is 16.0. The molecule has 2 heterocycles. The van der Waals surface area contributed by atoms with Crippen molar-refractivity contribution in [3.05, 3.63) is 69.9 Å². The van der Waals surface area contributed by atoms with Crippen LogP contribution in [0.5, 0.6) is 0 Å². The molecule has 2 aromatic carbocycles. The highest BCUT2D eigenvalue weighted by molar-refractivity contribution is 7.17. The molecule has 6 heteroatoms. The van der Waals surface area contributed by atoms with Crippen LogP contribution in [0, 0.1) is 12.7 Å². The molecule has 3 nitrogen and oxygen atoms in total. The van der Waals surface area contributed by atoms with Gasteiger partial charge in [-0.1, -0.05) is 23.7 Å². The minimum Gasteiger partial charge on any atom is -0.296 e. The predicted octanol–water partition coefficient (Wildman–Crippen LogP) is 5.64. The van der Waals surface area contributed by atoms with E-state index in [2.05, 4.69) is 4.98 Å². The molecule has 0 fully saturated rings. The first-order valence-electron chi connectivity index (χ1n) is 7.57. The Morgan fingerprint density at radius 3 is 2.36 bits per heavy atom. The highest BCUT2D eigenvalue weighted by Gasteiger charge is 2.20. The number of halogens is 2. The van der Waals surface area contributed by atoms with Crippen molar-refractivity contribution in [1.29, 1.82) is 0 Å². The summed E-state index contributed by atoms with van der Waals surface area (Å²) < 4.78 is 15.1. The lowest BCUT2D eigenvalue weighted by atomic mass is 10.1. The van der Waals surface area contributed by atoms with E-state index in [9.17, 15) is 9.18 Å². The highest BCUT2D eigenvalue weighted by Crippen LogP contribution is 2.36. The summed E-state index contributed by atoms with van der Waals surface area (Å²) in [5, 5.41) is 0.654. The van der Waals surface area contributed by atoms with Crippen molar-refractivity contribution >= 4 is 34.2 Å². The molecule has 0 atom stereocenters. The number of aromatic nitrogens is 2. The van der Waals surface area contributed by atoms with E-state index >= 15 is 0 Å². The van der Waals surface area contributed by atoms with Crippen molar-refractivity contribution in [3.63, 3.8) is 0 Å². The Balaban J connectivity index is 1.99. The molecule has 0 radical (unpaired) electrons. The summed E-state index contributed by atoms with van der Waals surface area (Å²) in [6.45, 7) is 2.00. The summed E-state index contributed by atoms with van der Waals surface area (Å²) in [6.07, 6.45) is 0.796. The third kappa shape index (κ3) is 2.65. The number of aryl methyl sites for hydroxylation is 1. The number of imidazole rings is 1. The number of carbonyl (C=O) groups excluding carboxylic acids is 1. The van der Waals surface area contributed by atoms with Gasteiger partial charge in [-0.25, -0.2) is 9.37 Å². The Hall–Kier alpha value is -2.50. The molecule has 4 aromatic rings. The summed E-state index contributed by atoms with van der Waals surface area (Å²) in [7, 11) is 0. The van der Waals surface area contributed by atoms with Gasteiger partial charge < -0.3 is 0 Å². The summed E-state index contributed by atoms with van der Waals surface area (Å²) in [6, 6.07) is 13.5. The number of rotatable bonds is 3. The maximum Gasteiger partial charge on any atom is 0.195 e. The van der Waals surface area contributed by atoms with E-state index in [0.717, 1.165) is 27.4 Å². The van der Waals surface area contributed by atoms with E-state index in [0.29, 0.717) is 22.0 Å². The number of fused-ring (bicyclic) bond motifs is 1. The van der Waals surface area contributed by atoms with E-state index in [4.69, 9.17) is 11.6 Å². The van der Waals surface area contributed by atoms with Gasteiger partial charge in [-0.3, -0.25) is 9.20 Å². The van der Waals surface area contributed by atoms with Crippen LogP contribution < -0.4 is 0 Å². The Morgan fingerprint density at radius 1 is 1.08 bits per heavy atom. The number of hydrogen-bond acceptors (Lipinski definition) is 3. The van der Waals surface area contributed by atoms with Gasteiger partial charge in [0.1, 0.15) is 17.2 Å². The minimum absolute atomic E-state index is 0.324. The van der Waals surface area contributed by atoms with Gasteiger partial charge in [-0.2, -0.15) is 0 Å². The number of thiazole rings is 1. The summed E-state index contributed by atoms with van der Waals surface area (Å²) in [4.78, 5) is 18.2. The van der Waals surface area contributed by atoms with Crippen LogP contribution in [0.4, 0.5) is 4.39 Å². The molecule has 0 aliphatic rings. The van der Waals surface area contributed by atoms with Crippen LogP contribution in [-0.2, 0) is 0 Å². The zero-order valence-corrected chi connectivity index (χ0v) is 14.7. The van der Waals surface area contributed by atoms with Crippen molar-refractivity contribution < 1.29 is 9.18 Å². The third-order valence-electron chi connectivity index (χ3n) is 4.03. The molecule has 124 valence electrons. The molecule has 0 saturated carbocycles. The maximum atomic E-state index is 13.2. The summed E-state index contributed by atoms with van der Waals surface area (Å²) >= 11 is 7.50. The molecule has 0 spiro atoms. The molecular formula is C19H12ClFN2OS. The first-order chi connectivity index (χ1) is 12.1.